The Labute approximate surface area is 118 Å². The van der Waals surface area contributed by atoms with Gasteiger partial charge in [-0.05, 0) is 18.6 Å². The highest BCUT2D eigenvalue weighted by molar-refractivity contribution is 7.99. The second-order valence-electron chi connectivity index (χ2n) is 5.10. The van der Waals surface area contributed by atoms with Crippen LogP contribution in [0.3, 0.4) is 0 Å². The van der Waals surface area contributed by atoms with E-state index >= 15 is 0 Å². The van der Waals surface area contributed by atoms with E-state index in [9.17, 15) is 0 Å². The highest BCUT2D eigenvalue weighted by Gasteiger charge is 2.32. The van der Waals surface area contributed by atoms with E-state index in [4.69, 9.17) is 0 Å². The Morgan fingerprint density at radius 3 is 2.21 bits per heavy atom. The van der Waals surface area contributed by atoms with Gasteiger partial charge in [0.05, 0.1) is 0 Å². The molecule has 4 nitrogen and oxygen atoms in total. The Bertz CT molecular complexity index is 525. The second-order valence-corrected chi connectivity index (χ2v) is 6.41. The number of nitrogens with zero attached hydrogens (tertiary/aromatic N) is 4. The van der Waals surface area contributed by atoms with Crippen molar-refractivity contribution in [1.29, 1.82) is 0 Å². The SMILES string of the molecule is Cc1cnc(C(C)(C)C(C)Sc2ncccn2)nc1. The molecule has 19 heavy (non-hydrogen) atoms. The molecular weight excluding hydrogens is 256 g/mol. The Morgan fingerprint density at radius 2 is 1.63 bits per heavy atom. The molecule has 0 aliphatic rings. The standard InChI is InChI=1S/C14H18N4S/c1-10-8-17-12(18-9-10)14(3,4)11(2)19-13-15-6-5-7-16-13/h5-9,11H,1-4H3. The van der Waals surface area contributed by atoms with Crippen LogP contribution in [0.25, 0.3) is 0 Å². The first-order valence-corrected chi connectivity index (χ1v) is 7.11. The fourth-order valence-electron chi connectivity index (χ4n) is 1.56. The lowest BCUT2D eigenvalue weighted by atomic mass is 9.88. The fraction of sp³-hybridized carbons (Fsp3) is 0.429. The number of aryl methyl sites for hydroxylation is 1. The lowest BCUT2D eigenvalue weighted by Crippen LogP contribution is -2.31. The van der Waals surface area contributed by atoms with E-state index in [-0.39, 0.29) is 10.7 Å². The molecule has 0 fully saturated rings. The van der Waals surface area contributed by atoms with Gasteiger partial charge in [-0.1, -0.05) is 32.5 Å². The zero-order valence-corrected chi connectivity index (χ0v) is 12.5. The third-order valence-electron chi connectivity index (χ3n) is 3.20. The van der Waals surface area contributed by atoms with Crippen molar-refractivity contribution >= 4 is 11.8 Å². The summed E-state index contributed by atoms with van der Waals surface area (Å²) in [6.07, 6.45) is 7.25. The van der Waals surface area contributed by atoms with Gasteiger partial charge >= 0.3 is 0 Å². The van der Waals surface area contributed by atoms with Crippen molar-refractivity contribution in [2.75, 3.05) is 0 Å². The summed E-state index contributed by atoms with van der Waals surface area (Å²) >= 11 is 1.65. The molecule has 0 aliphatic carbocycles. The van der Waals surface area contributed by atoms with Crippen LogP contribution in [0, 0.1) is 6.92 Å². The van der Waals surface area contributed by atoms with Crippen LogP contribution >= 0.6 is 11.8 Å². The minimum Gasteiger partial charge on any atom is -0.240 e. The van der Waals surface area contributed by atoms with Crippen LogP contribution in [-0.2, 0) is 5.41 Å². The lowest BCUT2D eigenvalue weighted by molar-refractivity contribution is 0.484. The first-order chi connectivity index (χ1) is 9.00. The molecule has 0 aliphatic heterocycles. The highest BCUT2D eigenvalue weighted by Crippen LogP contribution is 2.34. The van der Waals surface area contributed by atoms with Crippen molar-refractivity contribution in [2.45, 2.75) is 43.5 Å². The summed E-state index contributed by atoms with van der Waals surface area (Å²) in [4.78, 5) is 17.4. The van der Waals surface area contributed by atoms with Crippen LogP contribution < -0.4 is 0 Å². The first kappa shape index (κ1) is 13.9. The molecule has 0 saturated heterocycles. The van der Waals surface area contributed by atoms with E-state index in [1.54, 1.807) is 24.2 Å². The Balaban J connectivity index is 2.17. The summed E-state index contributed by atoms with van der Waals surface area (Å²) in [5.74, 6) is 0.856. The van der Waals surface area contributed by atoms with Gasteiger partial charge in [0.2, 0.25) is 0 Å². The van der Waals surface area contributed by atoms with Crippen LogP contribution in [0.5, 0.6) is 0 Å². The molecule has 1 atom stereocenters. The number of aromatic nitrogens is 4. The van der Waals surface area contributed by atoms with Crippen molar-refractivity contribution in [1.82, 2.24) is 19.9 Å². The molecule has 0 spiro atoms. The summed E-state index contributed by atoms with van der Waals surface area (Å²) in [5.41, 5.74) is 0.934. The average Bonchev–Trinajstić information content (AvgIpc) is 2.40. The largest absolute Gasteiger partial charge is 0.240 e. The topological polar surface area (TPSA) is 51.6 Å². The Hall–Kier alpha value is -1.49. The Morgan fingerprint density at radius 1 is 1.05 bits per heavy atom. The molecule has 1 unspecified atom stereocenters. The predicted octanol–water partition coefficient (Wildman–Crippen LogP) is 3.03. The van der Waals surface area contributed by atoms with Gasteiger partial charge in [0.15, 0.2) is 5.16 Å². The number of rotatable bonds is 4. The number of thioether (sulfide) groups is 1. The van der Waals surface area contributed by atoms with Gasteiger partial charge in [0, 0.05) is 35.5 Å². The van der Waals surface area contributed by atoms with Gasteiger partial charge in [0.1, 0.15) is 5.82 Å². The zero-order chi connectivity index (χ0) is 13.9. The van der Waals surface area contributed by atoms with Crippen molar-refractivity contribution in [2.24, 2.45) is 0 Å². The maximum atomic E-state index is 4.45. The van der Waals surface area contributed by atoms with E-state index in [2.05, 4.69) is 40.7 Å². The molecule has 2 aromatic rings. The van der Waals surface area contributed by atoms with Gasteiger partial charge in [-0.15, -0.1) is 0 Å². The quantitative estimate of drug-likeness (QED) is 0.633. The smallest absolute Gasteiger partial charge is 0.187 e. The molecule has 0 N–H and O–H groups in total. The lowest BCUT2D eigenvalue weighted by Gasteiger charge is -2.29. The molecule has 2 heterocycles. The molecular formula is C14H18N4S. The minimum atomic E-state index is -0.141. The minimum absolute atomic E-state index is 0.141. The third-order valence-corrected chi connectivity index (χ3v) is 4.56. The molecule has 0 amide bonds. The summed E-state index contributed by atoms with van der Waals surface area (Å²) in [6, 6.07) is 1.82. The van der Waals surface area contributed by atoms with Gasteiger partial charge < -0.3 is 0 Å². The monoisotopic (exact) mass is 274 g/mol. The molecule has 0 radical (unpaired) electrons. The van der Waals surface area contributed by atoms with E-state index in [1.165, 1.54) is 0 Å². The van der Waals surface area contributed by atoms with Crippen LogP contribution in [0.2, 0.25) is 0 Å². The molecule has 2 rings (SSSR count). The maximum absolute atomic E-state index is 4.45. The first-order valence-electron chi connectivity index (χ1n) is 6.23. The van der Waals surface area contributed by atoms with Crippen molar-refractivity contribution in [3.8, 4) is 0 Å². The van der Waals surface area contributed by atoms with Crippen LogP contribution in [0.15, 0.2) is 36.0 Å². The molecule has 0 bridgehead atoms. The normalized spacial score (nSPS) is 13.3. The summed E-state index contributed by atoms with van der Waals surface area (Å²) < 4.78 is 0. The molecule has 0 saturated carbocycles. The molecule has 0 aromatic carbocycles. The summed E-state index contributed by atoms with van der Waals surface area (Å²) in [6.45, 7) is 8.45. The predicted molar refractivity (Wildman–Crippen MR) is 77.1 cm³/mol. The summed E-state index contributed by atoms with van der Waals surface area (Å²) in [7, 11) is 0. The Kier molecular flexibility index (Phi) is 4.14. The highest BCUT2D eigenvalue weighted by atomic mass is 32.2. The zero-order valence-electron chi connectivity index (χ0n) is 11.7. The van der Waals surface area contributed by atoms with Crippen LogP contribution in [0.4, 0.5) is 0 Å². The van der Waals surface area contributed by atoms with Crippen molar-refractivity contribution in [3.63, 3.8) is 0 Å². The van der Waals surface area contributed by atoms with Gasteiger partial charge in [-0.3, -0.25) is 0 Å². The van der Waals surface area contributed by atoms with Gasteiger partial charge in [0.25, 0.3) is 0 Å². The van der Waals surface area contributed by atoms with Crippen molar-refractivity contribution in [3.05, 3.63) is 42.2 Å². The number of hydrogen-bond donors (Lipinski definition) is 0. The number of hydrogen-bond acceptors (Lipinski definition) is 5. The second kappa shape index (κ2) is 5.65. The van der Waals surface area contributed by atoms with Gasteiger partial charge in [-0.2, -0.15) is 0 Å². The molecule has 100 valence electrons. The molecule has 5 heteroatoms. The maximum Gasteiger partial charge on any atom is 0.187 e. The van der Waals surface area contributed by atoms with E-state index in [0.29, 0.717) is 0 Å². The van der Waals surface area contributed by atoms with Gasteiger partial charge in [-0.25, -0.2) is 19.9 Å². The fourth-order valence-corrected chi connectivity index (χ4v) is 2.52. The van der Waals surface area contributed by atoms with E-state index in [1.807, 2.05) is 25.4 Å². The van der Waals surface area contributed by atoms with Crippen LogP contribution in [0.1, 0.15) is 32.2 Å². The summed E-state index contributed by atoms with van der Waals surface area (Å²) in [5, 5.41) is 1.06. The molecule has 2 aromatic heterocycles. The van der Waals surface area contributed by atoms with Crippen LogP contribution in [-0.4, -0.2) is 25.2 Å². The third kappa shape index (κ3) is 3.29. The van der Waals surface area contributed by atoms with Crippen molar-refractivity contribution < 1.29 is 0 Å². The van der Waals surface area contributed by atoms with E-state index < -0.39 is 0 Å². The average molecular weight is 274 g/mol. The van der Waals surface area contributed by atoms with E-state index in [0.717, 1.165) is 16.5 Å².